The van der Waals surface area contributed by atoms with Crippen LogP contribution < -0.4 is 5.56 Å². The van der Waals surface area contributed by atoms with Gasteiger partial charge in [-0.2, -0.15) is 0 Å². The number of aromatic amines is 1. The molecule has 0 atom stereocenters. The first-order valence-electron chi connectivity index (χ1n) is 7.12. The molecular formula is C17H17BrN2O3. The summed E-state index contributed by atoms with van der Waals surface area (Å²) in [6, 6.07) is 12.1. The normalized spacial score (nSPS) is 10.0. The highest BCUT2D eigenvalue weighted by molar-refractivity contribution is 9.10. The van der Waals surface area contributed by atoms with Crippen LogP contribution >= 0.6 is 15.9 Å². The van der Waals surface area contributed by atoms with Crippen molar-refractivity contribution in [3.8, 4) is 0 Å². The van der Waals surface area contributed by atoms with Gasteiger partial charge in [-0.1, -0.05) is 30.3 Å². The lowest BCUT2D eigenvalue weighted by atomic mass is 10.2. The van der Waals surface area contributed by atoms with E-state index in [1.54, 1.807) is 13.1 Å². The molecule has 0 unspecified atom stereocenters. The zero-order chi connectivity index (χ0) is 16.7. The predicted molar refractivity (Wildman–Crippen MR) is 93.5 cm³/mol. The summed E-state index contributed by atoms with van der Waals surface area (Å²) in [6.07, 6.45) is 3.62. The Balaban J connectivity index is 0.000000338. The maximum absolute atomic E-state index is 11.9. The highest BCUT2D eigenvalue weighted by atomic mass is 79.9. The number of nitrogens with one attached hydrogen (secondary N) is 1. The lowest BCUT2D eigenvalue weighted by Crippen LogP contribution is -2.11. The zero-order valence-electron chi connectivity index (χ0n) is 12.7. The zero-order valence-corrected chi connectivity index (χ0v) is 14.2. The monoisotopic (exact) mass is 376 g/mol. The van der Waals surface area contributed by atoms with E-state index in [0.717, 1.165) is 9.86 Å². The fourth-order valence-electron chi connectivity index (χ4n) is 2.17. The number of carbonyl (C=O) groups excluding carboxylic acids is 1. The van der Waals surface area contributed by atoms with Gasteiger partial charge in [-0.05, 0) is 34.5 Å². The number of benzene rings is 1. The third kappa shape index (κ3) is 4.32. The first kappa shape index (κ1) is 17.0. The topological polar surface area (TPSA) is 64.1 Å². The molecule has 0 aliphatic carbocycles. The predicted octanol–water partition coefficient (Wildman–Crippen LogP) is 3.32. The molecule has 2 heterocycles. The first-order valence-corrected chi connectivity index (χ1v) is 7.91. The van der Waals surface area contributed by atoms with Gasteiger partial charge in [0.1, 0.15) is 5.52 Å². The molecule has 0 bridgehead atoms. The Labute approximate surface area is 142 Å². The highest BCUT2D eigenvalue weighted by Crippen LogP contribution is 2.21. The van der Waals surface area contributed by atoms with Crippen molar-refractivity contribution in [2.75, 3.05) is 6.61 Å². The highest BCUT2D eigenvalue weighted by Gasteiger charge is 2.08. The number of rotatable bonds is 4. The number of H-pyrrole nitrogens is 1. The largest absolute Gasteiger partial charge is 0.468 e. The Morgan fingerprint density at radius 2 is 2.00 bits per heavy atom. The summed E-state index contributed by atoms with van der Waals surface area (Å²) in [5.74, 6) is 0. The quantitative estimate of drug-likeness (QED) is 0.710. The molecular weight excluding hydrogens is 360 g/mol. The van der Waals surface area contributed by atoms with Gasteiger partial charge in [-0.3, -0.25) is 9.59 Å². The molecule has 0 saturated carbocycles. The molecule has 0 spiro atoms. The molecule has 0 fully saturated rings. The van der Waals surface area contributed by atoms with Crippen LogP contribution in [0, 0.1) is 0 Å². The number of nitrogens with zero attached hydrogens (tertiary/aromatic N) is 1. The minimum absolute atomic E-state index is 0.0610. The summed E-state index contributed by atoms with van der Waals surface area (Å²) in [5, 5.41) is 0.940. The molecule has 2 aromatic heterocycles. The Bertz CT molecular complexity index is 825. The van der Waals surface area contributed by atoms with E-state index in [1.807, 2.05) is 35.0 Å². The fourth-order valence-corrected chi connectivity index (χ4v) is 2.61. The molecule has 0 aliphatic heterocycles. The van der Waals surface area contributed by atoms with Gasteiger partial charge in [0.15, 0.2) is 0 Å². The standard InChI is InChI=1S/C14H11BrN2O.C3H6O2/c15-12-8-16-14(18)13-11(12)6-7-17(13)9-10-4-2-1-3-5-10;1-2-5-3-4/h1-8H,9H2,(H,16,18);3H,2H2,1H3. The van der Waals surface area contributed by atoms with Crippen molar-refractivity contribution in [1.82, 2.24) is 9.55 Å². The van der Waals surface area contributed by atoms with Crippen molar-refractivity contribution in [3.05, 3.63) is 69.2 Å². The molecule has 1 N–H and O–H groups in total. The van der Waals surface area contributed by atoms with Crippen LogP contribution in [-0.4, -0.2) is 22.6 Å². The fraction of sp³-hybridized carbons (Fsp3) is 0.176. The van der Waals surface area contributed by atoms with Crippen LogP contribution in [0.3, 0.4) is 0 Å². The van der Waals surface area contributed by atoms with E-state index < -0.39 is 0 Å². The van der Waals surface area contributed by atoms with Gasteiger partial charge in [0, 0.05) is 28.8 Å². The van der Waals surface area contributed by atoms with Crippen LogP contribution in [0.2, 0.25) is 0 Å². The lowest BCUT2D eigenvalue weighted by Gasteiger charge is -2.05. The van der Waals surface area contributed by atoms with Gasteiger partial charge < -0.3 is 14.3 Å². The summed E-state index contributed by atoms with van der Waals surface area (Å²) in [5.41, 5.74) is 1.82. The van der Waals surface area contributed by atoms with E-state index >= 15 is 0 Å². The molecule has 3 rings (SSSR count). The SMILES string of the molecule is CCOC=O.O=c1[nH]cc(Br)c2ccn(Cc3ccccc3)c12. The molecule has 1 aromatic carbocycles. The Morgan fingerprint density at radius 3 is 2.61 bits per heavy atom. The molecule has 120 valence electrons. The van der Waals surface area contributed by atoms with Crippen LogP contribution in [0.4, 0.5) is 0 Å². The van der Waals surface area contributed by atoms with E-state index in [9.17, 15) is 9.59 Å². The number of fused-ring (bicyclic) bond motifs is 1. The van der Waals surface area contributed by atoms with Gasteiger partial charge in [-0.15, -0.1) is 0 Å². The number of hydrogen-bond acceptors (Lipinski definition) is 3. The number of pyridine rings is 1. The van der Waals surface area contributed by atoms with E-state index in [0.29, 0.717) is 25.1 Å². The summed E-state index contributed by atoms with van der Waals surface area (Å²) in [4.78, 5) is 23.8. The molecule has 23 heavy (non-hydrogen) atoms. The van der Waals surface area contributed by atoms with Crippen LogP contribution in [0.5, 0.6) is 0 Å². The van der Waals surface area contributed by atoms with Crippen molar-refractivity contribution in [2.45, 2.75) is 13.5 Å². The molecule has 6 heteroatoms. The molecule has 0 radical (unpaired) electrons. The second-order valence-electron chi connectivity index (χ2n) is 4.71. The van der Waals surface area contributed by atoms with Crippen LogP contribution in [0.15, 0.2) is 58.1 Å². The minimum Gasteiger partial charge on any atom is -0.468 e. The van der Waals surface area contributed by atoms with Crippen LogP contribution in [0.25, 0.3) is 10.9 Å². The molecule has 0 aliphatic rings. The minimum atomic E-state index is -0.0610. The lowest BCUT2D eigenvalue weighted by molar-refractivity contribution is -0.128. The second-order valence-corrected chi connectivity index (χ2v) is 5.56. The van der Waals surface area contributed by atoms with Crippen molar-refractivity contribution in [2.24, 2.45) is 0 Å². The first-order chi connectivity index (χ1) is 11.2. The van der Waals surface area contributed by atoms with Crippen LogP contribution in [-0.2, 0) is 16.1 Å². The third-order valence-electron chi connectivity index (χ3n) is 3.20. The summed E-state index contributed by atoms with van der Waals surface area (Å²) in [7, 11) is 0. The van der Waals surface area contributed by atoms with Gasteiger partial charge in [0.2, 0.25) is 0 Å². The average molecular weight is 377 g/mol. The maximum atomic E-state index is 11.9. The summed E-state index contributed by atoms with van der Waals surface area (Å²) >= 11 is 3.45. The Kier molecular flexibility index (Phi) is 6.17. The van der Waals surface area contributed by atoms with E-state index in [4.69, 9.17) is 0 Å². The molecule has 0 amide bonds. The Morgan fingerprint density at radius 1 is 1.26 bits per heavy atom. The van der Waals surface area contributed by atoms with Crippen molar-refractivity contribution in [3.63, 3.8) is 0 Å². The van der Waals surface area contributed by atoms with Gasteiger partial charge in [0.25, 0.3) is 12.0 Å². The van der Waals surface area contributed by atoms with Crippen LogP contribution in [0.1, 0.15) is 12.5 Å². The average Bonchev–Trinajstić information content (AvgIpc) is 2.98. The van der Waals surface area contributed by atoms with Crippen molar-refractivity contribution >= 4 is 33.3 Å². The summed E-state index contributed by atoms with van der Waals surface area (Å²) < 4.78 is 7.03. The number of hydrogen-bond donors (Lipinski definition) is 1. The van der Waals surface area contributed by atoms with E-state index in [1.165, 1.54) is 5.56 Å². The van der Waals surface area contributed by atoms with Crippen molar-refractivity contribution in [1.29, 1.82) is 0 Å². The third-order valence-corrected chi connectivity index (χ3v) is 3.85. The number of carbonyl (C=O) groups is 1. The molecule has 5 nitrogen and oxygen atoms in total. The number of aromatic nitrogens is 2. The molecule has 3 aromatic rings. The van der Waals surface area contributed by atoms with Gasteiger partial charge >= 0.3 is 0 Å². The number of halogens is 1. The number of ether oxygens (including phenoxy) is 1. The van der Waals surface area contributed by atoms with E-state index in [2.05, 4.69) is 37.8 Å². The maximum Gasteiger partial charge on any atom is 0.293 e. The second kappa shape index (κ2) is 8.33. The van der Waals surface area contributed by atoms with Gasteiger partial charge in [0.05, 0.1) is 6.61 Å². The van der Waals surface area contributed by atoms with Gasteiger partial charge in [-0.25, -0.2) is 0 Å². The summed E-state index contributed by atoms with van der Waals surface area (Å²) in [6.45, 7) is 3.36. The van der Waals surface area contributed by atoms with Crippen molar-refractivity contribution < 1.29 is 9.53 Å². The smallest absolute Gasteiger partial charge is 0.293 e. The Hall–Kier alpha value is -2.34. The molecule has 0 saturated heterocycles. The van der Waals surface area contributed by atoms with E-state index in [-0.39, 0.29) is 5.56 Å².